The van der Waals surface area contributed by atoms with E-state index >= 15 is 0 Å². The van der Waals surface area contributed by atoms with Crippen molar-refractivity contribution in [2.24, 2.45) is 0 Å². The summed E-state index contributed by atoms with van der Waals surface area (Å²) < 4.78 is 27.6. The molecule has 4 aromatic rings. The Morgan fingerprint density at radius 3 is 2.38 bits per heavy atom. The summed E-state index contributed by atoms with van der Waals surface area (Å²) in [5.41, 5.74) is 2.48. The minimum Gasteiger partial charge on any atom is -0.325 e. The summed E-state index contributed by atoms with van der Waals surface area (Å²) in [6, 6.07) is 26.0. The monoisotopic (exact) mass is 529 g/mol. The third kappa shape index (κ3) is 6.52. The number of benzene rings is 2. The van der Waals surface area contributed by atoms with Crippen LogP contribution in [0.3, 0.4) is 0 Å². The molecule has 2 aromatic heterocycles. The average Bonchev–Trinajstić information content (AvgIpc) is 2.92. The fraction of sp³-hybridized carbons (Fsp3) is 0.111. The first-order chi connectivity index (χ1) is 17.9. The van der Waals surface area contributed by atoms with Gasteiger partial charge in [0, 0.05) is 17.4 Å². The maximum atomic E-state index is 13.0. The van der Waals surface area contributed by atoms with Crippen molar-refractivity contribution in [2.75, 3.05) is 10.0 Å². The molecule has 0 aliphatic heterocycles. The van der Waals surface area contributed by atoms with Gasteiger partial charge in [-0.3, -0.25) is 9.52 Å². The Balaban J connectivity index is 1.47. The van der Waals surface area contributed by atoms with Crippen LogP contribution < -0.4 is 10.0 Å². The van der Waals surface area contributed by atoms with Crippen LogP contribution in [0.4, 0.5) is 11.5 Å². The second-order valence-electron chi connectivity index (χ2n) is 7.88. The summed E-state index contributed by atoms with van der Waals surface area (Å²) in [6.45, 7) is 1.88. The summed E-state index contributed by atoms with van der Waals surface area (Å²) in [4.78, 5) is 21.7. The van der Waals surface area contributed by atoms with Crippen molar-refractivity contribution >= 4 is 39.2 Å². The lowest BCUT2D eigenvalue weighted by Crippen LogP contribution is -2.25. The van der Waals surface area contributed by atoms with Gasteiger partial charge in [-0.15, -0.1) is 0 Å². The number of aromatic nitrogens is 2. The normalized spacial score (nSPS) is 11.8. The molecular formula is C27H23N5O3S2. The van der Waals surface area contributed by atoms with Gasteiger partial charge < -0.3 is 5.32 Å². The van der Waals surface area contributed by atoms with Crippen LogP contribution in [0, 0.1) is 11.3 Å². The Kier molecular flexibility index (Phi) is 8.18. The molecule has 4 rings (SSSR count). The van der Waals surface area contributed by atoms with E-state index in [0.717, 1.165) is 5.56 Å². The van der Waals surface area contributed by atoms with Gasteiger partial charge in [0.05, 0.1) is 21.4 Å². The molecule has 8 nitrogen and oxygen atoms in total. The molecule has 186 valence electrons. The van der Waals surface area contributed by atoms with Crippen molar-refractivity contribution in [1.82, 2.24) is 9.97 Å². The third-order valence-electron chi connectivity index (χ3n) is 5.30. The highest BCUT2D eigenvalue weighted by Crippen LogP contribution is 2.30. The van der Waals surface area contributed by atoms with Gasteiger partial charge >= 0.3 is 0 Å². The molecule has 0 aliphatic carbocycles. The summed E-state index contributed by atoms with van der Waals surface area (Å²) in [5, 5.41) is 12.4. The molecule has 2 N–H and O–H groups in total. The predicted molar refractivity (Wildman–Crippen MR) is 144 cm³/mol. The Morgan fingerprint density at radius 2 is 1.73 bits per heavy atom. The van der Waals surface area contributed by atoms with Crippen LogP contribution in [-0.4, -0.2) is 29.5 Å². The Hall–Kier alpha value is -4.20. The number of carbonyl (C=O) groups is 1. The zero-order valence-corrected chi connectivity index (χ0v) is 21.5. The van der Waals surface area contributed by atoms with Gasteiger partial charge in [0.25, 0.3) is 10.0 Å². The van der Waals surface area contributed by atoms with Crippen LogP contribution in [0.15, 0.2) is 101 Å². The van der Waals surface area contributed by atoms with Crippen molar-refractivity contribution in [1.29, 1.82) is 5.26 Å². The summed E-state index contributed by atoms with van der Waals surface area (Å²) in [7, 11) is -3.82. The fourth-order valence-corrected chi connectivity index (χ4v) is 5.40. The minimum atomic E-state index is -3.82. The maximum Gasteiger partial charge on any atom is 0.263 e. The molecule has 1 unspecified atom stereocenters. The lowest BCUT2D eigenvalue weighted by Gasteiger charge is -2.16. The van der Waals surface area contributed by atoms with Gasteiger partial charge in [-0.25, -0.2) is 18.4 Å². The minimum absolute atomic E-state index is 0.0400. The first kappa shape index (κ1) is 25.9. The van der Waals surface area contributed by atoms with E-state index in [-0.39, 0.29) is 16.6 Å². The zero-order chi connectivity index (χ0) is 26.3. The lowest BCUT2D eigenvalue weighted by molar-refractivity contribution is -0.115. The first-order valence-electron chi connectivity index (χ1n) is 11.4. The molecule has 0 saturated carbocycles. The number of rotatable bonds is 9. The number of nitrogens with zero attached hydrogens (tertiary/aromatic N) is 3. The first-order valence-corrected chi connectivity index (χ1v) is 13.7. The molecule has 37 heavy (non-hydrogen) atoms. The van der Waals surface area contributed by atoms with Crippen molar-refractivity contribution in [3.8, 4) is 17.3 Å². The highest BCUT2D eigenvalue weighted by atomic mass is 32.2. The van der Waals surface area contributed by atoms with E-state index in [9.17, 15) is 18.5 Å². The smallest absolute Gasteiger partial charge is 0.263 e. The Morgan fingerprint density at radius 1 is 1.00 bits per heavy atom. The molecule has 0 saturated heterocycles. The topological polar surface area (TPSA) is 125 Å². The van der Waals surface area contributed by atoms with E-state index in [4.69, 9.17) is 0 Å². The molecule has 0 spiro atoms. The number of hydrogen-bond donors (Lipinski definition) is 2. The molecular weight excluding hydrogens is 506 g/mol. The summed E-state index contributed by atoms with van der Waals surface area (Å²) in [5.74, 6) is -0.0603. The molecule has 10 heteroatoms. The lowest BCUT2D eigenvalue weighted by atomic mass is 10.1. The highest BCUT2D eigenvalue weighted by molar-refractivity contribution is 8.00. The van der Waals surface area contributed by atoms with Gasteiger partial charge in [0.15, 0.2) is 0 Å². The van der Waals surface area contributed by atoms with Gasteiger partial charge in [-0.05, 0) is 55.0 Å². The number of amides is 1. The van der Waals surface area contributed by atoms with Crippen molar-refractivity contribution in [3.63, 3.8) is 0 Å². The molecule has 0 bridgehead atoms. The van der Waals surface area contributed by atoms with E-state index in [1.807, 2.05) is 37.3 Å². The number of anilines is 2. The molecule has 2 heterocycles. The second-order valence-corrected chi connectivity index (χ2v) is 10.7. The van der Waals surface area contributed by atoms with Crippen molar-refractivity contribution < 1.29 is 13.2 Å². The van der Waals surface area contributed by atoms with Gasteiger partial charge in [-0.2, -0.15) is 5.26 Å². The molecule has 1 atom stereocenters. The van der Waals surface area contributed by atoms with Gasteiger partial charge in [0.1, 0.15) is 16.9 Å². The SMILES string of the molecule is CCC(Sc1nc(-c2ccccc2)ccc1C#N)C(=O)Nc1ccc(S(=O)(=O)Nc2ccccn2)cc1. The van der Waals surface area contributed by atoms with Crippen LogP contribution in [0.25, 0.3) is 11.3 Å². The van der Waals surface area contributed by atoms with Gasteiger partial charge in [0.2, 0.25) is 5.91 Å². The molecule has 2 aromatic carbocycles. The van der Waals surface area contributed by atoms with Crippen LogP contribution in [0.2, 0.25) is 0 Å². The maximum absolute atomic E-state index is 13.0. The number of thioether (sulfide) groups is 1. The Bertz CT molecular complexity index is 1520. The van der Waals surface area contributed by atoms with Crippen LogP contribution in [0.1, 0.15) is 18.9 Å². The molecule has 0 fully saturated rings. The molecule has 1 amide bonds. The van der Waals surface area contributed by atoms with Crippen LogP contribution in [0.5, 0.6) is 0 Å². The van der Waals surface area contributed by atoms with Crippen LogP contribution in [-0.2, 0) is 14.8 Å². The number of hydrogen-bond acceptors (Lipinski definition) is 7. The highest BCUT2D eigenvalue weighted by Gasteiger charge is 2.22. The van der Waals surface area contributed by atoms with E-state index in [2.05, 4.69) is 26.1 Å². The van der Waals surface area contributed by atoms with Crippen LogP contribution >= 0.6 is 11.8 Å². The quantitative estimate of drug-likeness (QED) is 0.281. The van der Waals surface area contributed by atoms with Crippen molar-refractivity contribution in [3.05, 3.63) is 96.7 Å². The number of pyridine rings is 2. The number of sulfonamides is 1. The standard InChI is InChI=1S/C27H23N5O3S2/c1-2-24(36-27-20(18-28)11-16-23(31-27)19-8-4-3-5-9-19)26(33)30-21-12-14-22(15-13-21)37(34,35)32-25-10-6-7-17-29-25/h3-17,24H,2H2,1H3,(H,29,32)(H,30,33). The largest absolute Gasteiger partial charge is 0.325 e. The zero-order valence-electron chi connectivity index (χ0n) is 19.8. The summed E-state index contributed by atoms with van der Waals surface area (Å²) in [6.07, 6.45) is 1.99. The van der Waals surface area contributed by atoms with E-state index in [1.54, 1.807) is 30.3 Å². The Labute approximate surface area is 219 Å². The van der Waals surface area contributed by atoms with E-state index in [1.165, 1.54) is 42.2 Å². The average molecular weight is 530 g/mol. The number of carbonyl (C=O) groups excluding carboxylic acids is 1. The fourth-order valence-electron chi connectivity index (χ4n) is 3.40. The van der Waals surface area contributed by atoms with Gasteiger partial charge in [-0.1, -0.05) is 55.1 Å². The second kappa shape index (κ2) is 11.7. The predicted octanol–water partition coefficient (Wildman–Crippen LogP) is 5.33. The van der Waals surface area contributed by atoms with Crippen molar-refractivity contribution in [2.45, 2.75) is 28.5 Å². The number of nitrogens with one attached hydrogen (secondary N) is 2. The van der Waals surface area contributed by atoms with E-state index in [0.29, 0.717) is 28.4 Å². The third-order valence-corrected chi connectivity index (χ3v) is 8.04. The molecule has 0 aliphatic rings. The van der Waals surface area contributed by atoms with E-state index < -0.39 is 15.3 Å². The number of nitriles is 1. The summed E-state index contributed by atoms with van der Waals surface area (Å²) >= 11 is 1.23. The molecule has 0 radical (unpaired) electrons.